The van der Waals surface area contributed by atoms with Gasteiger partial charge in [-0.3, -0.25) is 9.78 Å². The number of piperidine rings is 1. The number of hydrogen-bond acceptors (Lipinski definition) is 4. The Bertz CT molecular complexity index is 1340. The maximum Gasteiger partial charge on any atom is 0.315 e. The van der Waals surface area contributed by atoms with Crippen LogP contribution in [-0.2, 0) is 24.2 Å². The van der Waals surface area contributed by atoms with E-state index in [2.05, 4.69) is 48.2 Å². The summed E-state index contributed by atoms with van der Waals surface area (Å²) in [5.74, 6) is -0.144. The molecule has 3 aromatic rings. The number of nitrogens with two attached hydrogens (primary N) is 1. The van der Waals surface area contributed by atoms with E-state index in [4.69, 9.17) is 22.3 Å². The first-order valence-corrected chi connectivity index (χ1v) is 14.7. The Hall–Kier alpha value is -2.43. The molecule has 8 nitrogen and oxygen atoms in total. The molecule has 0 radical (unpaired) electrons. The van der Waals surface area contributed by atoms with E-state index in [9.17, 15) is 9.59 Å². The minimum atomic E-state index is -0.642. The predicted molar refractivity (Wildman–Crippen MR) is 153 cm³/mol. The topological polar surface area (TPSA) is 106 Å². The van der Waals surface area contributed by atoms with Crippen molar-refractivity contribution in [2.24, 2.45) is 11.7 Å². The molecule has 1 aliphatic heterocycles. The van der Waals surface area contributed by atoms with Crippen molar-refractivity contribution in [3.63, 3.8) is 0 Å². The highest BCUT2D eigenvalue weighted by molar-refractivity contribution is 9.10. The Morgan fingerprint density at radius 3 is 2.76 bits per heavy atom. The molecular formula is C27H29Br2ClN6O2. The number of imidazole rings is 1. The van der Waals surface area contributed by atoms with Crippen LogP contribution in [0.3, 0.4) is 0 Å². The molecule has 3 heterocycles. The third-order valence-electron chi connectivity index (χ3n) is 7.57. The fraction of sp³-hybridized carbons (Fsp3) is 0.407. The predicted octanol–water partition coefficient (Wildman–Crippen LogP) is 5.05. The number of carbonyl (C=O) groups excluding carboxylic acids is 2. The summed E-state index contributed by atoms with van der Waals surface area (Å²) in [6.45, 7) is 1.66. The van der Waals surface area contributed by atoms with Crippen molar-refractivity contribution in [3.8, 4) is 0 Å². The monoisotopic (exact) mass is 662 g/mol. The molecule has 1 saturated heterocycles. The van der Waals surface area contributed by atoms with Gasteiger partial charge in [0.25, 0.3) is 0 Å². The van der Waals surface area contributed by atoms with Crippen molar-refractivity contribution in [1.29, 1.82) is 0 Å². The first-order chi connectivity index (χ1) is 18.3. The third kappa shape index (κ3) is 5.77. The Labute approximate surface area is 243 Å². The number of primary amides is 1. The van der Waals surface area contributed by atoms with Gasteiger partial charge in [-0.05, 0) is 88.8 Å². The Morgan fingerprint density at radius 2 is 2.00 bits per heavy atom. The van der Waals surface area contributed by atoms with Crippen molar-refractivity contribution in [1.82, 2.24) is 24.8 Å². The molecule has 1 aromatic carbocycles. The summed E-state index contributed by atoms with van der Waals surface area (Å²) >= 11 is 13.8. The lowest BCUT2D eigenvalue weighted by Crippen LogP contribution is -2.56. The Morgan fingerprint density at radius 1 is 1.18 bits per heavy atom. The highest BCUT2D eigenvalue weighted by Gasteiger charge is 2.41. The zero-order valence-corrected chi connectivity index (χ0v) is 24.7. The van der Waals surface area contributed by atoms with Crippen LogP contribution in [0.1, 0.15) is 47.6 Å². The largest absolute Gasteiger partial charge is 0.354 e. The van der Waals surface area contributed by atoms with Gasteiger partial charge in [-0.25, -0.2) is 9.78 Å². The van der Waals surface area contributed by atoms with Gasteiger partial charge in [0.05, 0.1) is 12.0 Å². The van der Waals surface area contributed by atoms with Crippen LogP contribution >= 0.6 is 43.5 Å². The molecular weight excluding hydrogens is 636 g/mol. The number of rotatable bonds is 6. The van der Waals surface area contributed by atoms with Crippen LogP contribution in [0.25, 0.3) is 0 Å². The Kier molecular flexibility index (Phi) is 8.40. The number of benzene rings is 1. The van der Waals surface area contributed by atoms with E-state index in [1.807, 2.05) is 29.1 Å². The molecule has 1 fully saturated rings. The summed E-state index contributed by atoms with van der Waals surface area (Å²) in [4.78, 5) is 36.2. The molecule has 1 unspecified atom stereocenters. The first kappa shape index (κ1) is 27.1. The lowest BCUT2D eigenvalue weighted by Gasteiger charge is -2.41. The quantitative estimate of drug-likeness (QED) is 0.360. The van der Waals surface area contributed by atoms with Crippen LogP contribution in [0.2, 0.25) is 5.02 Å². The summed E-state index contributed by atoms with van der Waals surface area (Å²) in [6.07, 6.45) is 10.9. The minimum Gasteiger partial charge on any atom is -0.354 e. The van der Waals surface area contributed by atoms with Crippen LogP contribution in [0, 0.1) is 5.92 Å². The molecule has 0 saturated carbocycles. The van der Waals surface area contributed by atoms with Crippen molar-refractivity contribution >= 4 is 55.4 Å². The van der Waals surface area contributed by atoms with E-state index in [1.165, 1.54) is 21.6 Å². The van der Waals surface area contributed by atoms with Gasteiger partial charge in [-0.1, -0.05) is 27.5 Å². The number of carbonyl (C=O) groups is 2. The number of amides is 3. The second kappa shape index (κ2) is 11.8. The zero-order chi connectivity index (χ0) is 26.8. The van der Waals surface area contributed by atoms with Gasteiger partial charge < -0.3 is 20.5 Å². The van der Waals surface area contributed by atoms with Crippen molar-refractivity contribution < 1.29 is 9.59 Å². The van der Waals surface area contributed by atoms with Gasteiger partial charge in [-0.2, -0.15) is 0 Å². The molecule has 2 aliphatic rings. The second-order valence-electron chi connectivity index (χ2n) is 9.91. The van der Waals surface area contributed by atoms with Gasteiger partial charge >= 0.3 is 6.03 Å². The molecule has 1 aliphatic carbocycles. The maximum absolute atomic E-state index is 13.4. The van der Waals surface area contributed by atoms with Crippen LogP contribution in [0.15, 0.2) is 52.1 Å². The lowest BCUT2D eigenvalue weighted by molar-refractivity contribution is -0.127. The Balaban J connectivity index is 1.42. The number of hydrogen-bond donors (Lipinski definition) is 2. The van der Waals surface area contributed by atoms with Crippen molar-refractivity contribution in [2.75, 3.05) is 13.1 Å². The van der Waals surface area contributed by atoms with Crippen LogP contribution in [0.4, 0.5) is 4.79 Å². The van der Waals surface area contributed by atoms with Crippen LogP contribution in [0.5, 0.6) is 0 Å². The van der Waals surface area contributed by atoms with Gasteiger partial charge in [0, 0.05) is 58.1 Å². The fourth-order valence-electron chi connectivity index (χ4n) is 5.85. The SMILES string of the molecule is NC(=O)N1CCC([C@H]2c3ncc(Br)cc3CCc3cc(Cl)cc(Br)c32)C[C@@H]1C(=O)NCCCn1ccnc1. The molecule has 3 atom stereocenters. The van der Waals surface area contributed by atoms with Gasteiger partial charge in [0.1, 0.15) is 6.04 Å². The van der Waals surface area contributed by atoms with E-state index in [0.29, 0.717) is 31.0 Å². The summed E-state index contributed by atoms with van der Waals surface area (Å²) in [5, 5.41) is 3.72. The molecule has 200 valence electrons. The molecule has 11 heteroatoms. The van der Waals surface area contributed by atoms with Gasteiger partial charge in [0.15, 0.2) is 0 Å². The number of aryl methyl sites for hydroxylation is 3. The number of nitrogens with one attached hydrogen (secondary N) is 1. The number of aromatic nitrogens is 3. The number of nitrogens with zero attached hydrogens (tertiary/aromatic N) is 4. The van der Waals surface area contributed by atoms with E-state index < -0.39 is 12.1 Å². The smallest absolute Gasteiger partial charge is 0.315 e. The number of fused-ring (bicyclic) bond motifs is 2. The summed E-state index contributed by atoms with van der Waals surface area (Å²) in [6, 6.07) is 4.90. The average molecular weight is 665 g/mol. The van der Waals surface area contributed by atoms with E-state index in [0.717, 1.165) is 40.4 Å². The number of likely N-dealkylation sites (tertiary alicyclic amines) is 1. The standard InChI is InChI=1S/C27H29Br2ClN6O2/c28-19-10-18-3-2-16-11-20(30)13-21(29)23(16)24(25(18)34-14-19)17-4-8-36(27(31)38)22(12-17)26(37)33-5-1-7-35-9-6-32-15-35/h6,9-11,13-15,17,22,24H,1-5,7-8,12H2,(H2,31,38)(H,33,37)/t17?,22-,24-/m1/s1. The number of pyridine rings is 1. The molecule has 2 aromatic heterocycles. The normalized spacial score (nSPS) is 20.8. The molecule has 3 amide bonds. The third-order valence-corrected chi connectivity index (χ3v) is 8.88. The zero-order valence-electron chi connectivity index (χ0n) is 20.7. The molecule has 0 bridgehead atoms. The number of halogens is 3. The summed E-state index contributed by atoms with van der Waals surface area (Å²) in [5.41, 5.74) is 10.3. The van der Waals surface area contributed by atoms with Crippen LogP contribution < -0.4 is 11.1 Å². The van der Waals surface area contributed by atoms with E-state index in [1.54, 1.807) is 12.5 Å². The summed E-state index contributed by atoms with van der Waals surface area (Å²) < 4.78 is 3.85. The van der Waals surface area contributed by atoms with Crippen molar-refractivity contribution in [3.05, 3.63) is 79.5 Å². The number of urea groups is 1. The highest BCUT2D eigenvalue weighted by atomic mass is 79.9. The maximum atomic E-state index is 13.4. The lowest BCUT2D eigenvalue weighted by atomic mass is 9.74. The van der Waals surface area contributed by atoms with E-state index in [-0.39, 0.29) is 17.7 Å². The first-order valence-electron chi connectivity index (χ1n) is 12.7. The fourth-order valence-corrected chi connectivity index (χ4v) is 7.35. The van der Waals surface area contributed by atoms with Crippen molar-refractivity contribution in [2.45, 2.75) is 50.6 Å². The molecule has 0 spiro atoms. The van der Waals surface area contributed by atoms with Crippen LogP contribution in [-0.4, -0.2) is 50.5 Å². The minimum absolute atomic E-state index is 0.0474. The summed E-state index contributed by atoms with van der Waals surface area (Å²) in [7, 11) is 0. The van der Waals surface area contributed by atoms with Gasteiger partial charge in [-0.15, -0.1) is 0 Å². The molecule has 38 heavy (non-hydrogen) atoms. The molecule has 5 rings (SSSR count). The highest BCUT2D eigenvalue weighted by Crippen LogP contribution is 2.47. The van der Waals surface area contributed by atoms with E-state index >= 15 is 0 Å². The molecule has 3 N–H and O–H groups in total. The average Bonchev–Trinajstić information content (AvgIpc) is 3.35. The van der Waals surface area contributed by atoms with Gasteiger partial charge in [0.2, 0.25) is 5.91 Å². The second-order valence-corrected chi connectivity index (χ2v) is 12.1.